The number of allylic oxidation sites excluding steroid dienone is 2. The van der Waals surface area contributed by atoms with E-state index in [9.17, 15) is 9.59 Å². The Morgan fingerprint density at radius 1 is 1.31 bits per heavy atom. The molecule has 3 N–H and O–H groups in total. The molecule has 6 heteroatoms. The average Bonchev–Trinajstić information content (AvgIpc) is 2.63. The zero-order chi connectivity index (χ0) is 19.4. The lowest BCUT2D eigenvalue weighted by Crippen LogP contribution is -2.17. The number of rotatable bonds is 9. The van der Waals surface area contributed by atoms with E-state index in [-0.39, 0.29) is 5.91 Å². The first kappa shape index (κ1) is 21.3. The molecule has 0 fully saturated rings. The lowest BCUT2D eigenvalue weighted by atomic mass is 10.0. The zero-order valence-corrected chi connectivity index (χ0v) is 15.5. The molecule has 0 heterocycles. The van der Waals surface area contributed by atoms with E-state index < -0.39 is 5.91 Å². The standard InChI is InChI=1S/C20H27N3O3/c1-15(2)6-4-7-16(3)12-13-21-22-20(25)18-9-5-8-17(14-18)10-11-19(24)23-26/h5-6,8-11,13-14,16,26H,4,7,12H2,1-3H3,(H,22,25)(H,23,24)/b11-10+,21-13+/t16-/m0/s1. The van der Waals surface area contributed by atoms with E-state index in [2.05, 4.69) is 37.4 Å². The Labute approximate surface area is 154 Å². The van der Waals surface area contributed by atoms with Crippen LogP contribution in [-0.2, 0) is 4.79 Å². The van der Waals surface area contributed by atoms with E-state index in [4.69, 9.17) is 5.21 Å². The van der Waals surface area contributed by atoms with Crippen LogP contribution in [0.15, 0.2) is 47.1 Å². The third kappa shape index (κ3) is 8.94. The predicted octanol–water partition coefficient (Wildman–Crippen LogP) is 3.69. The van der Waals surface area contributed by atoms with Gasteiger partial charge in [0.1, 0.15) is 0 Å². The summed E-state index contributed by atoms with van der Waals surface area (Å²) >= 11 is 0. The summed E-state index contributed by atoms with van der Waals surface area (Å²) in [5, 5.41) is 12.4. The summed E-state index contributed by atoms with van der Waals surface area (Å²) in [5.74, 6) is -0.458. The van der Waals surface area contributed by atoms with Crippen molar-refractivity contribution in [2.75, 3.05) is 0 Å². The molecule has 0 aliphatic rings. The monoisotopic (exact) mass is 357 g/mol. The number of carbonyl (C=O) groups is 2. The van der Waals surface area contributed by atoms with Crippen molar-refractivity contribution in [3.8, 4) is 0 Å². The third-order valence-electron chi connectivity index (χ3n) is 3.66. The number of hydrogen-bond donors (Lipinski definition) is 3. The van der Waals surface area contributed by atoms with Gasteiger partial charge in [-0.25, -0.2) is 10.9 Å². The van der Waals surface area contributed by atoms with Crippen LogP contribution >= 0.6 is 0 Å². The highest BCUT2D eigenvalue weighted by molar-refractivity contribution is 5.95. The quantitative estimate of drug-likeness (QED) is 0.207. The molecule has 1 aromatic carbocycles. The smallest absolute Gasteiger partial charge is 0.271 e. The van der Waals surface area contributed by atoms with E-state index >= 15 is 0 Å². The Bertz CT molecular complexity index is 689. The molecule has 0 bridgehead atoms. The molecule has 0 unspecified atom stereocenters. The van der Waals surface area contributed by atoms with Gasteiger partial charge in [-0.15, -0.1) is 0 Å². The van der Waals surface area contributed by atoms with Crippen LogP contribution in [0.5, 0.6) is 0 Å². The molecule has 26 heavy (non-hydrogen) atoms. The van der Waals surface area contributed by atoms with Crippen molar-refractivity contribution in [2.24, 2.45) is 11.0 Å². The number of carbonyl (C=O) groups excluding carboxylic acids is 2. The minimum atomic E-state index is -0.636. The summed E-state index contributed by atoms with van der Waals surface area (Å²) in [6, 6.07) is 6.75. The minimum absolute atomic E-state index is 0.319. The number of hydrogen-bond acceptors (Lipinski definition) is 4. The van der Waals surface area contributed by atoms with Gasteiger partial charge >= 0.3 is 0 Å². The fourth-order valence-corrected chi connectivity index (χ4v) is 2.17. The summed E-state index contributed by atoms with van der Waals surface area (Å²) in [6.45, 7) is 6.34. The molecule has 0 aliphatic carbocycles. The molecular formula is C20H27N3O3. The van der Waals surface area contributed by atoms with Crippen LogP contribution in [0.1, 0.15) is 56.0 Å². The lowest BCUT2D eigenvalue weighted by Gasteiger charge is -2.06. The molecular weight excluding hydrogens is 330 g/mol. The normalized spacial score (nSPS) is 12.2. The van der Waals surface area contributed by atoms with Crippen molar-refractivity contribution in [3.63, 3.8) is 0 Å². The highest BCUT2D eigenvalue weighted by atomic mass is 16.5. The number of nitrogens with one attached hydrogen (secondary N) is 2. The molecule has 0 spiro atoms. The summed E-state index contributed by atoms with van der Waals surface area (Å²) in [4.78, 5) is 23.1. The van der Waals surface area contributed by atoms with Crippen molar-refractivity contribution >= 4 is 24.1 Å². The van der Waals surface area contributed by atoms with Crippen LogP contribution in [0.3, 0.4) is 0 Å². The molecule has 0 saturated carbocycles. The Balaban J connectivity index is 2.49. The van der Waals surface area contributed by atoms with Gasteiger partial charge < -0.3 is 0 Å². The van der Waals surface area contributed by atoms with Gasteiger partial charge in [-0.3, -0.25) is 14.8 Å². The number of hydrazone groups is 1. The fraction of sp³-hybridized carbons (Fsp3) is 0.350. The molecule has 1 rings (SSSR count). The Kier molecular flexibility index (Phi) is 9.64. The van der Waals surface area contributed by atoms with Crippen LogP contribution in [-0.4, -0.2) is 23.2 Å². The van der Waals surface area contributed by atoms with Crippen molar-refractivity contribution in [1.82, 2.24) is 10.9 Å². The highest BCUT2D eigenvalue weighted by Gasteiger charge is 2.04. The topological polar surface area (TPSA) is 90.8 Å². The van der Waals surface area contributed by atoms with E-state index in [0.717, 1.165) is 19.3 Å². The number of benzene rings is 1. The van der Waals surface area contributed by atoms with E-state index in [1.807, 2.05) is 0 Å². The van der Waals surface area contributed by atoms with Crippen LogP contribution in [0, 0.1) is 5.92 Å². The molecule has 0 saturated heterocycles. The van der Waals surface area contributed by atoms with E-state index in [1.165, 1.54) is 23.2 Å². The van der Waals surface area contributed by atoms with Crippen molar-refractivity contribution in [2.45, 2.75) is 40.0 Å². The SMILES string of the molecule is CC(C)=CCC[C@H](C)C/C=N/NC(=O)c1cccc(/C=C/C(=O)NO)c1. The molecule has 0 radical (unpaired) electrons. The van der Waals surface area contributed by atoms with Crippen LogP contribution in [0.2, 0.25) is 0 Å². The van der Waals surface area contributed by atoms with Crippen LogP contribution in [0.4, 0.5) is 0 Å². The molecule has 1 aromatic rings. The first-order valence-corrected chi connectivity index (χ1v) is 8.59. The predicted molar refractivity (Wildman–Crippen MR) is 104 cm³/mol. The molecule has 0 aliphatic heterocycles. The second-order valence-corrected chi connectivity index (χ2v) is 6.39. The summed E-state index contributed by atoms with van der Waals surface area (Å²) in [6.07, 6.45) is 9.56. The third-order valence-corrected chi connectivity index (χ3v) is 3.66. The Morgan fingerprint density at radius 3 is 2.77 bits per heavy atom. The summed E-state index contributed by atoms with van der Waals surface area (Å²) in [5.41, 5.74) is 6.44. The second-order valence-electron chi connectivity index (χ2n) is 6.39. The van der Waals surface area contributed by atoms with Gasteiger partial charge in [0, 0.05) is 17.9 Å². The maximum atomic E-state index is 12.1. The van der Waals surface area contributed by atoms with Gasteiger partial charge in [0.05, 0.1) is 0 Å². The average molecular weight is 357 g/mol. The van der Waals surface area contributed by atoms with Crippen LogP contribution in [0.25, 0.3) is 6.08 Å². The zero-order valence-electron chi connectivity index (χ0n) is 15.5. The minimum Gasteiger partial charge on any atom is -0.288 e. The Morgan fingerprint density at radius 2 is 2.08 bits per heavy atom. The molecule has 1 atom stereocenters. The largest absolute Gasteiger partial charge is 0.288 e. The van der Waals surface area contributed by atoms with Gasteiger partial charge in [-0.1, -0.05) is 30.7 Å². The van der Waals surface area contributed by atoms with Gasteiger partial charge in [-0.05, 0) is 62.8 Å². The van der Waals surface area contributed by atoms with E-state index in [0.29, 0.717) is 17.0 Å². The van der Waals surface area contributed by atoms with Gasteiger partial charge in [0.15, 0.2) is 0 Å². The second kappa shape index (κ2) is 11.8. The van der Waals surface area contributed by atoms with Crippen molar-refractivity contribution in [1.29, 1.82) is 0 Å². The summed E-state index contributed by atoms with van der Waals surface area (Å²) < 4.78 is 0. The van der Waals surface area contributed by atoms with Gasteiger partial charge in [0.25, 0.3) is 11.8 Å². The van der Waals surface area contributed by atoms with Gasteiger partial charge in [-0.2, -0.15) is 5.10 Å². The summed E-state index contributed by atoms with van der Waals surface area (Å²) in [7, 11) is 0. The molecule has 0 aromatic heterocycles. The highest BCUT2D eigenvalue weighted by Crippen LogP contribution is 2.10. The maximum absolute atomic E-state index is 12.1. The number of amides is 2. The Hall–Kier alpha value is -2.73. The number of nitrogens with zero attached hydrogens (tertiary/aromatic N) is 1. The first-order valence-electron chi connectivity index (χ1n) is 8.59. The van der Waals surface area contributed by atoms with E-state index in [1.54, 1.807) is 30.5 Å². The fourth-order valence-electron chi connectivity index (χ4n) is 2.17. The lowest BCUT2D eigenvalue weighted by molar-refractivity contribution is -0.124. The molecule has 2 amide bonds. The van der Waals surface area contributed by atoms with Crippen molar-refractivity contribution < 1.29 is 14.8 Å². The van der Waals surface area contributed by atoms with Gasteiger partial charge in [0.2, 0.25) is 0 Å². The number of hydroxylamine groups is 1. The first-order chi connectivity index (χ1) is 12.4. The maximum Gasteiger partial charge on any atom is 0.271 e. The van der Waals surface area contributed by atoms with Crippen molar-refractivity contribution in [3.05, 3.63) is 53.1 Å². The molecule has 140 valence electrons. The van der Waals surface area contributed by atoms with Crippen LogP contribution < -0.4 is 10.9 Å². The molecule has 6 nitrogen and oxygen atoms in total.